The second-order valence-corrected chi connectivity index (χ2v) is 11.0. The number of pyridine rings is 1. The molecule has 2 aliphatic carbocycles. The number of fused-ring (bicyclic) bond motifs is 3. The van der Waals surface area contributed by atoms with E-state index in [2.05, 4.69) is 61.5 Å². The summed E-state index contributed by atoms with van der Waals surface area (Å²) < 4.78 is 6.87. The number of nitrogens with one attached hydrogen (secondary N) is 2. The maximum absolute atomic E-state index is 5.13. The average molecular weight is 525 g/mol. The van der Waals surface area contributed by atoms with Crippen molar-refractivity contribution in [2.24, 2.45) is 23.7 Å². The molecule has 0 saturated heterocycles. The molecule has 9 heteroatoms. The predicted octanol–water partition coefficient (Wildman–Crippen LogP) is 5.81. The van der Waals surface area contributed by atoms with Gasteiger partial charge in [-0.15, -0.1) is 5.10 Å². The minimum Gasteiger partial charge on any atom is -0.481 e. The summed E-state index contributed by atoms with van der Waals surface area (Å²) in [6, 6.07) is 12.0. The van der Waals surface area contributed by atoms with Gasteiger partial charge in [0.2, 0.25) is 11.8 Å². The van der Waals surface area contributed by atoms with Gasteiger partial charge in [0.15, 0.2) is 11.2 Å². The summed E-state index contributed by atoms with van der Waals surface area (Å²) in [5, 5.41) is 15.5. The van der Waals surface area contributed by atoms with Crippen molar-refractivity contribution < 1.29 is 4.74 Å². The van der Waals surface area contributed by atoms with Crippen LogP contribution in [-0.2, 0) is 6.54 Å². The van der Waals surface area contributed by atoms with E-state index in [1.807, 2.05) is 18.2 Å². The molecular formula is C30H36N8O. The molecule has 2 fully saturated rings. The molecule has 3 heterocycles. The molecule has 3 unspecified atom stereocenters. The fourth-order valence-electron chi connectivity index (χ4n) is 6.43. The zero-order chi connectivity index (χ0) is 26.8. The van der Waals surface area contributed by atoms with Gasteiger partial charge in [-0.1, -0.05) is 37.3 Å². The van der Waals surface area contributed by atoms with Gasteiger partial charge in [0.1, 0.15) is 0 Å². The number of benzene rings is 1. The van der Waals surface area contributed by atoms with E-state index in [1.165, 1.54) is 44.2 Å². The van der Waals surface area contributed by atoms with Crippen LogP contribution in [0.1, 0.15) is 51.0 Å². The molecule has 4 atom stereocenters. The second-order valence-electron chi connectivity index (χ2n) is 11.0. The number of ether oxygens (including phenoxy) is 1. The van der Waals surface area contributed by atoms with Crippen molar-refractivity contribution in [1.29, 1.82) is 0 Å². The minimum atomic E-state index is 0.439. The normalized spacial score (nSPS) is 22.4. The van der Waals surface area contributed by atoms with Crippen molar-refractivity contribution in [3.8, 4) is 11.6 Å². The number of aromatic nitrogens is 6. The highest BCUT2D eigenvalue weighted by atomic mass is 16.5. The fourth-order valence-corrected chi connectivity index (χ4v) is 6.43. The Balaban J connectivity index is 1.13. The Kier molecular flexibility index (Phi) is 7.13. The van der Waals surface area contributed by atoms with Crippen molar-refractivity contribution >= 4 is 22.8 Å². The van der Waals surface area contributed by atoms with Crippen molar-refractivity contribution in [3.63, 3.8) is 0 Å². The van der Waals surface area contributed by atoms with Gasteiger partial charge in [-0.2, -0.15) is 9.67 Å². The van der Waals surface area contributed by atoms with Gasteiger partial charge in [-0.3, -0.25) is 0 Å². The lowest BCUT2D eigenvalue weighted by Crippen LogP contribution is -2.34. The number of rotatable bonds is 9. The summed E-state index contributed by atoms with van der Waals surface area (Å²) in [5.41, 5.74) is 5.26. The van der Waals surface area contributed by atoms with Crippen LogP contribution in [0.25, 0.3) is 16.9 Å². The third kappa shape index (κ3) is 5.57. The van der Waals surface area contributed by atoms with E-state index >= 15 is 0 Å². The average Bonchev–Trinajstić information content (AvgIpc) is 3.39. The summed E-state index contributed by atoms with van der Waals surface area (Å²) in [4.78, 5) is 13.3. The van der Waals surface area contributed by atoms with Crippen LogP contribution < -0.4 is 15.4 Å². The van der Waals surface area contributed by atoms with E-state index in [4.69, 9.17) is 4.74 Å². The summed E-state index contributed by atoms with van der Waals surface area (Å²) in [5.74, 6) is 4.24. The maximum Gasteiger partial charge on any atom is 0.229 e. The SMILES string of the molecule is C=C(NCc1cccc(-n2nnc3cnc(Nc4ccc(OC)nc4)nc32)c1)C1CC2CC(CC)C[C@H](C2)C1. The quantitative estimate of drug-likeness (QED) is 0.283. The minimum absolute atomic E-state index is 0.439. The first kappa shape index (κ1) is 25.3. The third-order valence-corrected chi connectivity index (χ3v) is 8.37. The zero-order valence-electron chi connectivity index (χ0n) is 22.7. The highest BCUT2D eigenvalue weighted by Crippen LogP contribution is 2.47. The Labute approximate surface area is 229 Å². The van der Waals surface area contributed by atoms with Crippen LogP contribution in [0.2, 0.25) is 0 Å². The molecule has 1 aromatic carbocycles. The lowest BCUT2D eigenvalue weighted by atomic mass is 9.63. The molecule has 0 amide bonds. The van der Waals surface area contributed by atoms with Gasteiger partial charge in [0.05, 0.1) is 30.9 Å². The standard InChI is InChI=1S/C30H36N8O/c1-4-20-10-22-12-23(11-20)14-24(13-22)19(2)31-16-21-6-5-7-26(15-21)38-29-27(36-37-38)18-33-30(35-29)34-25-8-9-28(39-3)32-17-25/h5-9,15,17-18,20,22-24,31H,2,4,10-14,16H2,1,3H3,(H,33,34,35)/t20?,22-,23?,24?/m1/s1. The zero-order valence-corrected chi connectivity index (χ0v) is 22.7. The first-order chi connectivity index (χ1) is 19.1. The molecule has 2 aliphatic rings. The molecule has 2 N–H and O–H groups in total. The molecular weight excluding hydrogens is 488 g/mol. The maximum atomic E-state index is 5.13. The van der Waals surface area contributed by atoms with Crippen molar-refractivity contribution in [3.05, 3.63) is 66.6 Å². The molecule has 39 heavy (non-hydrogen) atoms. The van der Waals surface area contributed by atoms with Crippen LogP contribution in [-0.4, -0.2) is 37.1 Å². The van der Waals surface area contributed by atoms with Crippen LogP contribution >= 0.6 is 0 Å². The molecule has 0 spiro atoms. The molecule has 4 aromatic rings. The summed E-state index contributed by atoms with van der Waals surface area (Å²) in [7, 11) is 1.59. The Morgan fingerprint density at radius 2 is 1.90 bits per heavy atom. The number of nitrogens with zero attached hydrogens (tertiary/aromatic N) is 6. The van der Waals surface area contributed by atoms with E-state index in [1.54, 1.807) is 30.3 Å². The Hall–Kier alpha value is -4.01. The number of methoxy groups -OCH3 is 1. The first-order valence-corrected chi connectivity index (χ1v) is 14.0. The lowest BCUT2D eigenvalue weighted by molar-refractivity contribution is 0.105. The van der Waals surface area contributed by atoms with E-state index in [0.29, 0.717) is 28.9 Å². The number of anilines is 2. The van der Waals surface area contributed by atoms with Gasteiger partial charge < -0.3 is 15.4 Å². The first-order valence-electron chi connectivity index (χ1n) is 14.0. The number of hydrogen-bond donors (Lipinski definition) is 2. The van der Waals surface area contributed by atoms with Gasteiger partial charge in [-0.25, -0.2) is 9.97 Å². The van der Waals surface area contributed by atoms with Crippen LogP contribution in [0.15, 0.2) is 61.1 Å². The van der Waals surface area contributed by atoms with Crippen molar-refractivity contribution in [2.45, 2.75) is 52.0 Å². The Bertz CT molecular complexity index is 1440. The van der Waals surface area contributed by atoms with Gasteiger partial charge >= 0.3 is 0 Å². The molecule has 6 rings (SSSR count). The van der Waals surface area contributed by atoms with Crippen LogP contribution in [0.4, 0.5) is 11.6 Å². The van der Waals surface area contributed by atoms with E-state index in [9.17, 15) is 0 Å². The highest BCUT2D eigenvalue weighted by Gasteiger charge is 2.36. The summed E-state index contributed by atoms with van der Waals surface area (Å²) >= 11 is 0. The molecule has 202 valence electrons. The topological polar surface area (TPSA) is 103 Å². The van der Waals surface area contributed by atoms with E-state index in [-0.39, 0.29) is 0 Å². The smallest absolute Gasteiger partial charge is 0.229 e. The van der Waals surface area contributed by atoms with Gasteiger partial charge in [0.25, 0.3) is 0 Å². The summed E-state index contributed by atoms with van der Waals surface area (Å²) in [6.45, 7) is 7.53. The molecule has 3 aromatic heterocycles. The lowest BCUT2D eigenvalue weighted by Gasteiger charge is -2.43. The molecule has 0 aliphatic heterocycles. The number of hydrogen-bond acceptors (Lipinski definition) is 8. The van der Waals surface area contributed by atoms with Crippen LogP contribution in [0.3, 0.4) is 0 Å². The fraction of sp³-hybridized carbons (Fsp3) is 0.433. The monoisotopic (exact) mass is 524 g/mol. The summed E-state index contributed by atoms with van der Waals surface area (Å²) in [6.07, 6.45) is 11.5. The highest BCUT2D eigenvalue weighted by molar-refractivity contribution is 5.72. The molecule has 9 nitrogen and oxygen atoms in total. The Morgan fingerprint density at radius 3 is 2.64 bits per heavy atom. The van der Waals surface area contributed by atoms with E-state index < -0.39 is 0 Å². The van der Waals surface area contributed by atoms with Gasteiger partial charge in [0, 0.05) is 18.3 Å². The molecule has 2 bridgehead atoms. The molecule has 2 saturated carbocycles. The van der Waals surface area contributed by atoms with Crippen LogP contribution in [0.5, 0.6) is 5.88 Å². The number of allylic oxidation sites excluding steroid dienone is 1. The Morgan fingerprint density at radius 1 is 1.05 bits per heavy atom. The van der Waals surface area contributed by atoms with Crippen LogP contribution in [0, 0.1) is 23.7 Å². The van der Waals surface area contributed by atoms with Crippen molar-refractivity contribution in [1.82, 2.24) is 35.3 Å². The van der Waals surface area contributed by atoms with Gasteiger partial charge in [-0.05, 0) is 79.5 Å². The van der Waals surface area contributed by atoms with E-state index in [0.717, 1.165) is 41.2 Å². The largest absolute Gasteiger partial charge is 0.481 e. The third-order valence-electron chi connectivity index (χ3n) is 8.37. The van der Waals surface area contributed by atoms with Crippen molar-refractivity contribution in [2.75, 3.05) is 12.4 Å². The molecule has 0 radical (unpaired) electrons. The second kappa shape index (κ2) is 11.0. The predicted molar refractivity (Wildman–Crippen MR) is 152 cm³/mol.